The zero-order valence-electron chi connectivity index (χ0n) is 17.9. The van der Waals surface area contributed by atoms with Gasteiger partial charge in [0.1, 0.15) is 4.90 Å². The molecule has 1 amide bonds. The lowest BCUT2D eigenvalue weighted by Crippen LogP contribution is -2.28. The van der Waals surface area contributed by atoms with Gasteiger partial charge in [0.2, 0.25) is 15.9 Å². The predicted octanol–water partition coefficient (Wildman–Crippen LogP) is 4.64. The lowest BCUT2D eigenvalue weighted by molar-refractivity contribution is -0.111. The average molecular weight is 483 g/mol. The van der Waals surface area contributed by atoms with Gasteiger partial charge in [-0.1, -0.05) is 29.8 Å². The molecule has 1 aliphatic heterocycles. The van der Waals surface area contributed by atoms with Crippen LogP contribution < -0.4 is 5.32 Å². The Hall–Kier alpha value is -3.12. The molecular weight excluding hydrogens is 460 g/mol. The quantitative estimate of drug-likeness (QED) is 0.496. The Labute approximate surface area is 197 Å². The van der Waals surface area contributed by atoms with Crippen LogP contribution in [0.4, 0.5) is 5.69 Å². The van der Waals surface area contributed by atoms with E-state index in [1.807, 2.05) is 35.0 Å². The van der Waals surface area contributed by atoms with Gasteiger partial charge in [-0.2, -0.15) is 9.57 Å². The van der Waals surface area contributed by atoms with Gasteiger partial charge in [0.15, 0.2) is 0 Å². The minimum Gasteiger partial charge on any atom is -0.346 e. The van der Waals surface area contributed by atoms with Crippen molar-refractivity contribution >= 4 is 50.2 Å². The Morgan fingerprint density at radius 2 is 1.94 bits per heavy atom. The summed E-state index contributed by atoms with van der Waals surface area (Å²) in [5.74, 6) is -0.393. The average Bonchev–Trinajstić information content (AvgIpc) is 3.47. The number of carbonyl (C=O) groups excluding carboxylic acids is 1. The molecule has 0 saturated carbocycles. The molecule has 1 aromatic heterocycles. The third-order valence-corrected chi connectivity index (χ3v) is 7.96. The summed E-state index contributed by atoms with van der Waals surface area (Å²) in [5, 5.41) is 12.7. The molecule has 170 valence electrons. The van der Waals surface area contributed by atoms with E-state index >= 15 is 0 Å². The standard InChI is InChI=1S/C24H23ClN4O3S/c25-21-10-9-19(16-23(21)33(31,32)29-14-3-4-15-29)27-24(30)11-8-18-17-28(13-5-12-26)22-7-2-1-6-20(18)22/h1-2,6-11,16-17H,3-5,13-15H2,(H,27,30)/b11-8+. The smallest absolute Gasteiger partial charge is 0.248 e. The number of nitriles is 1. The molecule has 1 fully saturated rings. The number of carbonyl (C=O) groups is 1. The molecule has 1 saturated heterocycles. The third kappa shape index (κ3) is 4.96. The van der Waals surface area contributed by atoms with Crippen molar-refractivity contribution in [2.45, 2.75) is 30.7 Å². The molecule has 4 rings (SSSR count). The van der Waals surface area contributed by atoms with Crippen molar-refractivity contribution in [3.63, 3.8) is 0 Å². The number of benzene rings is 2. The van der Waals surface area contributed by atoms with Crippen LogP contribution in [-0.2, 0) is 21.4 Å². The van der Waals surface area contributed by atoms with E-state index < -0.39 is 15.9 Å². The van der Waals surface area contributed by atoms with Crippen LogP contribution in [0.5, 0.6) is 0 Å². The highest BCUT2D eigenvalue weighted by atomic mass is 35.5. The molecule has 7 nitrogen and oxygen atoms in total. The summed E-state index contributed by atoms with van der Waals surface area (Å²) in [7, 11) is -3.71. The third-order valence-electron chi connectivity index (χ3n) is 5.58. The number of nitrogens with one attached hydrogen (secondary N) is 1. The highest BCUT2D eigenvalue weighted by Crippen LogP contribution is 2.30. The number of nitrogens with zero attached hydrogens (tertiary/aromatic N) is 3. The lowest BCUT2D eigenvalue weighted by Gasteiger charge is -2.17. The van der Waals surface area contributed by atoms with E-state index in [0.717, 1.165) is 29.3 Å². The first-order valence-electron chi connectivity index (χ1n) is 10.6. The molecule has 0 spiro atoms. The maximum Gasteiger partial charge on any atom is 0.248 e. The van der Waals surface area contributed by atoms with Gasteiger partial charge in [-0.3, -0.25) is 4.79 Å². The minimum atomic E-state index is -3.71. The fourth-order valence-electron chi connectivity index (χ4n) is 3.96. The zero-order valence-corrected chi connectivity index (χ0v) is 19.4. The van der Waals surface area contributed by atoms with Crippen molar-refractivity contribution in [3.05, 3.63) is 65.3 Å². The number of anilines is 1. The van der Waals surface area contributed by atoms with Gasteiger partial charge in [-0.05, 0) is 43.2 Å². The molecule has 0 radical (unpaired) electrons. The Morgan fingerprint density at radius 1 is 1.18 bits per heavy atom. The number of para-hydroxylation sites is 1. The molecule has 0 aliphatic carbocycles. The highest BCUT2D eigenvalue weighted by Gasteiger charge is 2.29. The number of hydrogen-bond donors (Lipinski definition) is 1. The fourth-order valence-corrected chi connectivity index (χ4v) is 5.98. The molecule has 1 N–H and O–H groups in total. The monoisotopic (exact) mass is 482 g/mol. The first-order valence-corrected chi connectivity index (χ1v) is 12.5. The van der Waals surface area contributed by atoms with Gasteiger partial charge in [-0.25, -0.2) is 8.42 Å². The summed E-state index contributed by atoms with van der Waals surface area (Å²) in [6, 6.07) is 14.4. The summed E-state index contributed by atoms with van der Waals surface area (Å²) < 4.78 is 29.2. The van der Waals surface area contributed by atoms with Crippen molar-refractivity contribution in [2.75, 3.05) is 18.4 Å². The maximum absolute atomic E-state index is 12.9. The summed E-state index contributed by atoms with van der Waals surface area (Å²) in [5.41, 5.74) is 2.19. The van der Waals surface area contributed by atoms with Crippen LogP contribution in [0.3, 0.4) is 0 Å². The van der Waals surface area contributed by atoms with Crippen molar-refractivity contribution in [3.8, 4) is 6.07 Å². The number of amides is 1. The molecule has 1 aliphatic rings. The number of fused-ring (bicyclic) bond motifs is 1. The number of halogens is 1. The summed E-state index contributed by atoms with van der Waals surface area (Å²) in [6.45, 7) is 1.51. The van der Waals surface area contributed by atoms with Crippen LogP contribution in [0.2, 0.25) is 5.02 Å². The van der Waals surface area contributed by atoms with E-state index in [0.29, 0.717) is 31.7 Å². The van der Waals surface area contributed by atoms with Gasteiger partial charge >= 0.3 is 0 Å². The van der Waals surface area contributed by atoms with E-state index in [9.17, 15) is 13.2 Å². The van der Waals surface area contributed by atoms with Crippen molar-refractivity contribution in [1.29, 1.82) is 5.26 Å². The molecule has 2 heterocycles. The topological polar surface area (TPSA) is 95.2 Å². The van der Waals surface area contributed by atoms with Crippen molar-refractivity contribution in [1.82, 2.24) is 8.87 Å². The maximum atomic E-state index is 12.9. The van der Waals surface area contributed by atoms with Gasteiger partial charge in [0.25, 0.3) is 0 Å². The summed E-state index contributed by atoms with van der Waals surface area (Å²) in [4.78, 5) is 12.6. The van der Waals surface area contributed by atoms with Crippen LogP contribution in [0.25, 0.3) is 17.0 Å². The Kier molecular flexibility index (Phi) is 6.84. The number of aromatic nitrogens is 1. The van der Waals surface area contributed by atoms with Crippen molar-refractivity contribution in [2.24, 2.45) is 0 Å². The normalized spacial score (nSPS) is 14.7. The zero-order chi connectivity index (χ0) is 23.4. The molecule has 9 heteroatoms. The fraction of sp³-hybridized carbons (Fsp3) is 0.250. The van der Waals surface area contributed by atoms with E-state index in [4.69, 9.17) is 16.9 Å². The van der Waals surface area contributed by atoms with Crippen molar-refractivity contribution < 1.29 is 13.2 Å². The van der Waals surface area contributed by atoms with Crippen LogP contribution in [0.15, 0.2) is 59.6 Å². The van der Waals surface area contributed by atoms with Gasteiger partial charge in [0, 0.05) is 54.1 Å². The minimum absolute atomic E-state index is 0.00610. The van der Waals surface area contributed by atoms with Gasteiger partial charge in [-0.15, -0.1) is 0 Å². The Morgan fingerprint density at radius 3 is 2.70 bits per heavy atom. The van der Waals surface area contributed by atoms with Crippen LogP contribution in [-0.4, -0.2) is 36.3 Å². The highest BCUT2D eigenvalue weighted by molar-refractivity contribution is 7.89. The first-order chi connectivity index (χ1) is 15.9. The number of hydrogen-bond acceptors (Lipinski definition) is 4. The molecular formula is C24H23ClN4O3S. The summed E-state index contributed by atoms with van der Waals surface area (Å²) >= 11 is 6.18. The van der Waals surface area contributed by atoms with E-state index in [-0.39, 0.29) is 9.92 Å². The molecule has 3 aromatic rings. The van der Waals surface area contributed by atoms with E-state index in [2.05, 4.69) is 11.4 Å². The Bertz CT molecular complexity index is 1370. The summed E-state index contributed by atoms with van der Waals surface area (Å²) in [6.07, 6.45) is 7.06. The number of aryl methyl sites for hydroxylation is 1. The van der Waals surface area contributed by atoms with Crippen LogP contribution in [0, 0.1) is 11.3 Å². The molecule has 2 aromatic carbocycles. The first kappa shape index (κ1) is 23.1. The second-order valence-corrected chi connectivity index (χ2v) is 10.1. The second kappa shape index (κ2) is 9.79. The molecule has 0 atom stereocenters. The number of rotatable bonds is 7. The molecule has 33 heavy (non-hydrogen) atoms. The largest absolute Gasteiger partial charge is 0.346 e. The molecule has 0 unspecified atom stereocenters. The van der Waals surface area contributed by atoms with E-state index in [1.165, 1.54) is 22.5 Å². The number of sulfonamides is 1. The van der Waals surface area contributed by atoms with E-state index in [1.54, 1.807) is 12.1 Å². The Balaban J connectivity index is 1.54. The molecule has 0 bridgehead atoms. The van der Waals surface area contributed by atoms with Crippen LogP contribution in [0.1, 0.15) is 24.8 Å². The van der Waals surface area contributed by atoms with Crippen LogP contribution >= 0.6 is 11.6 Å². The predicted molar refractivity (Wildman–Crippen MR) is 129 cm³/mol. The SMILES string of the molecule is N#CCCn1cc(/C=C/C(=O)Nc2ccc(Cl)c(S(=O)(=O)N3CCCC3)c2)c2ccccc21. The van der Waals surface area contributed by atoms with Gasteiger partial charge in [0.05, 0.1) is 17.5 Å². The van der Waals surface area contributed by atoms with Gasteiger partial charge < -0.3 is 9.88 Å². The second-order valence-electron chi connectivity index (χ2n) is 7.78. The lowest BCUT2D eigenvalue weighted by atomic mass is 10.1.